The van der Waals surface area contributed by atoms with Crippen molar-refractivity contribution in [1.82, 2.24) is 4.98 Å². The van der Waals surface area contributed by atoms with Gasteiger partial charge in [0.2, 0.25) is 11.8 Å². The average Bonchev–Trinajstić information content (AvgIpc) is 2.67. The molecule has 0 aliphatic heterocycles. The fourth-order valence-electron chi connectivity index (χ4n) is 2.16. The summed E-state index contributed by atoms with van der Waals surface area (Å²) in [7, 11) is 0. The highest BCUT2D eigenvalue weighted by atomic mass is 16.5. The highest BCUT2D eigenvalue weighted by Gasteiger charge is 2.15. The Kier molecular flexibility index (Phi) is 6.91. The number of carbonyl (C=O) groups is 2. The fraction of sp³-hybridized carbons (Fsp3) is 0.250. The van der Waals surface area contributed by atoms with Gasteiger partial charge in [0.1, 0.15) is 18.0 Å². The Bertz CT molecular complexity index is 749. The predicted molar refractivity (Wildman–Crippen MR) is 103 cm³/mol. The number of nitrogens with one attached hydrogen (secondary N) is 2. The van der Waals surface area contributed by atoms with E-state index in [1.165, 1.54) is 12.4 Å². The number of carbonyl (C=O) groups excluding carboxylic acids is 2. The smallest absolute Gasteiger partial charge is 0.224 e. The van der Waals surface area contributed by atoms with Gasteiger partial charge < -0.3 is 15.4 Å². The van der Waals surface area contributed by atoms with Crippen LogP contribution in [-0.2, 0) is 16.2 Å². The first-order valence-electron chi connectivity index (χ1n) is 8.49. The van der Waals surface area contributed by atoms with Gasteiger partial charge in [-0.2, -0.15) is 0 Å². The van der Waals surface area contributed by atoms with Gasteiger partial charge in [-0.25, -0.2) is 0 Å². The van der Waals surface area contributed by atoms with Crippen molar-refractivity contribution in [2.45, 2.75) is 33.3 Å². The van der Waals surface area contributed by atoms with Gasteiger partial charge in [-0.3, -0.25) is 14.6 Å². The van der Waals surface area contributed by atoms with Gasteiger partial charge in [0, 0.05) is 12.8 Å². The van der Waals surface area contributed by atoms with E-state index in [2.05, 4.69) is 22.2 Å². The Balaban J connectivity index is 2.26. The second-order valence-electron chi connectivity index (χ2n) is 5.60. The summed E-state index contributed by atoms with van der Waals surface area (Å²) in [5.41, 5.74) is 2.82. The van der Waals surface area contributed by atoms with E-state index < -0.39 is 0 Å². The van der Waals surface area contributed by atoms with Crippen LogP contribution in [0.4, 0.5) is 11.4 Å². The van der Waals surface area contributed by atoms with Crippen LogP contribution < -0.4 is 15.4 Å². The number of anilines is 2. The molecule has 1 aromatic heterocycles. The molecule has 2 aromatic rings. The van der Waals surface area contributed by atoms with Crippen LogP contribution in [0.3, 0.4) is 0 Å². The van der Waals surface area contributed by atoms with Crippen molar-refractivity contribution >= 4 is 29.3 Å². The van der Waals surface area contributed by atoms with E-state index in [4.69, 9.17) is 4.74 Å². The lowest BCUT2D eigenvalue weighted by atomic mass is 10.1. The van der Waals surface area contributed by atoms with Crippen molar-refractivity contribution in [2.75, 3.05) is 10.6 Å². The highest BCUT2D eigenvalue weighted by molar-refractivity contribution is 5.96. The van der Waals surface area contributed by atoms with Crippen molar-refractivity contribution < 1.29 is 14.3 Å². The molecule has 2 N–H and O–H groups in total. The molecular weight excluding hydrogens is 330 g/mol. The fourth-order valence-corrected chi connectivity index (χ4v) is 2.16. The van der Waals surface area contributed by atoms with E-state index in [0.717, 1.165) is 11.1 Å². The summed E-state index contributed by atoms with van der Waals surface area (Å²) in [6, 6.07) is 7.76. The zero-order chi connectivity index (χ0) is 18.9. The Hall–Kier alpha value is -3.15. The predicted octanol–water partition coefficient (Wildman–Crippen LogP) is 4.00. The number of rotatable bonds is 8. The Morgan fingerprint density at radius 1 is 1.04 bits per heavy atom. The summed E-state index contributed by atoms with van der Waals surface area (Å²) in [6.45, 7) is 7.53. The van der Waals surface area contributed by atoms with E-state index in [1.807, 2.05) is 24.3 Å². The van der Waals surface area contributed by atoms with Crippen LogP contribution in [0.1, 0.15) is 37.8 Å². The van der Waals surface area contributed by atoms with Gasteiger partial charge in [-0.1, -0.05) is 50.8 Å². The van der Waals surface area contributed by atoms with Crippen molar-refractivity contribution in [1.29, 1.82) is 0 Å². The molecule has 6 nitrogen and oxygen atoms in total. The normalized spacial score (nSPS) is 10.1. The van der Waals surface area contributed by atoms with Crippen LogP contribution in [0.2, 0.25) is 0 Å². The lowest BCUT2D eigenvalue weighted by molar-refractivity contribution is -0.116. The van der Waals surface area contributed by atoms with Crippen molar-refractivity contribution in [3.8, 4) is 5.75 Å². The number of amides is 2. The summed E-state index contributed by atoms with van der Waals surface area (Å²) in [6.07, 6.45) is 5.43. The summed E-state index contributed by atoms with van der Waals surface area (Å²) in [4.78, 5) is 27.6. The van der Waals surface area contributed by atoms with Gasteiger partial charge in [0.05, 0.1) is 12.4 Å². The number of nitrogens with zero attached hydrogens (tertiary/aromatic N) is 1. The van der Waals surface area contributed by atoms with E-state index in [0.29, 0.717) is 30.0 Å². The van der Waals surface area contributed by atoms with Gasteiger partial charge >= 0.3 is 0 Å². The van der Waals surface area contributed by atoms with Crippen molar-refractivity contribution in [3.05, 3.63) is 54.4 Å². The Labute approximate surface area is 153 Å². The average molecular weight is 353 g/mol. The standard InChI is InChI=1S/C20H23N3O3/c1-4-14-7-9-15(10-8-14)13-26-20-16(22-18(24)5-2)11-21-12-17(20)23-19(25)6-3/h4,7-12H,1,5-6,13H2,2-3H3,(H,22,24)(H,23,25). The first-order chi connectivity index (χ1) is 12.6. The molecule has 1 aromatic carbocycles. The molecule has 0 aliphatic rings. The van der Waals surface area contributed by atoms with Crippen LogP contribution in [0.5, 0.6) is 5.75 Å². The molecule has 1 heterocycles. The minimum atomic E-state index is -0.161. The van der Waals surface area contributed by atoms with E-state index in [9.17, 15) is 9.59 Å². The largest absolute Gasteiger partial charge is 0.484 e. The zero-order valence-electron chi connectivity index (χ0n) is 15.0. The molecule has 6 heteroatoms. The summed E-state index contributed by atoms with van der Waals surface area (Å²) >= 11 is 0. The molecule has 136 valence electrons. The highest BCUT2D eigenvalue weighted by Crippen LogP contribution is 2.33. The molecule has 0 spiro atoms. The number of hydrogen-bond donors (Lipinski definition) is 2. The van der Waals surface area contributed by atoms with Gasteiger partial charge in [-0.15, -0.1) is 0 Å². The second-order valence-corrected chi connectivity index (χ2v) is 5.60. The summed E-state index contributed by atoms with van der Waals surface area (Å²) < 4.78 is 5.92. The molecule has 0 saturated heterocycles. The molecule has 0 aliphatic carbocycles. The molecule has 0 atom stereocenters. The molecular formula is C20H23N3O3. The van der Waals surface area contributed by atoms with Crippen LogP contribution in [-0.4, -0.2) is 16.8 Å². The van der Waals surface area contributed by atoms with Crippen LogP contribution >= 0.6 is 0 Å². The summed E-state index contributed by atoms with van der Waals surface area (Å²) in [5.74, 6) is 0.0632. The third-order valence-corrected chi connectivity index (χ3v) is 3.69. The van der Waals surface area contributed by atoms with Gasteiger partial charge in [-0.05, 0) is 11.1 Å². The molecule has 0 bridgehead atoms. The molecule has 0 fully saturated rings. The van der Waals surface area contributed by atoms with E-state index in [1.54, 1.807) is 19.9 Å². The maximum atomic E-state index is 11.8. The maximum Gasteiger partial charge on any atom is 0.224 e. The van der Waals surface area contributed by atoms with E-state index in [-0.39, 0.29) is 18.4 Å². The molecule has 0 radical (unpaired) electrons. The second kappa shape index (κ2) is 9.36. The minimum Gasteiger partial charge on any atom is -0.484 e. The Morgan fingerprint density at radius 3 is 2.04 bits per heavy atom. The SMILES string of the molecule is C=Cc1ccc(COc2c(NC(=O)CC)cncc2NC(=O)CC)cc1. The summed E-state index contributed by atoms with van der Waals surface area (Å²) in [5, 5.41) is 5.51. The number of hydrogen-bond acceptors (Lipinski definition) is 4. The zero-order valence-corrected chi connectivity index (χ0v) is 15.0. The first kappa shape index (κ1) is 19.2. The molecule has 2 rings (SSSR count). The van der Waals surface area contributed by atoms with Crippen LogP contribution in [0.15, 0.2) is 43.2 Å². The third-order valence-electron chi connectivity index (χ3n) is 3.69. The molecule has 0 unspecified atom stereocenters. The quantitative estimate of drug-likeness (QED) is 0.752. The monoisotopic (exact) mass is 353 g/mol. The van der Waals surface area contributed by atoms with Crippen molar-refractivity contribution in [3.63, 3.8) is 0 Å². The van der Waals surface area contributed by atoms with Gasteiger partial charge in [0.25, 0.3) is 0 Å². The first-order valence-corrected chi connectivity index (χ1v) is 8.49. The maximum absolute atomic E-state index is 11.8. The third kappa shape index (κ3) is 5.17. The number of pyridine rings is 1. The van der Waals surface area contributed by atoms with Crippen molar-refractivity contribution in [2.24, 2.45) is 0 Å². The number of benzene rings is 1. The number of ether oxygens (including phenoxy) is 1. The Morgan fingerprint density at radius 2 is 1.58 bits per heavy atom. The minimum absolute atomic E-state index is 0.161. The number of aromatic nitrogens is 1. The molecule has 26 heavy (non-hydrogen) atoms. The molecule has 0 saturated carbocycles. The van der Waals surface area contributed by atoms with E-state index >= 15 is 0 Å². The van der Waals surface area contributed by atoms with Gasteiger partial charge in [0.15, 0.2) is 5.75 Å². The van der Waals surface area contributed by atoms with Crippen LogP contribution in [0.25, 0.3) is 6.08 Å². The topological polar surface area (TPSA) is 80.3 Å². The lowest BCUT2D eigenvalue weighted by Gasteiger charge is -2.16. The van der Waals surface area contributed by atoms with Crippen LogP contribution in [0, 0.1) is 0 Å². The molecule has 2 amide bonds. The lowest BCUT2D eigenvalue weighted by Crippen LogP contribution is -2.15.